The maximum Gasteiger partial charge on any atom is 0.405 e. The molecule has 160 valence electrons. The molecule has 0 unspecified atom stereocenters. The molecular weight excluding hydrogens is 402 g/mol. The van der Waals surface area contributed by atoms with E-state index in [2.05, 4.69) is 25.9 Å². The first-order valence-corrected chi connectivity index (χ1v) is 9.25. The maximum atomic E-state index is 12.4. The molecule has 1 heterocycles. The number of nitrogens with two attached hydrogens (primary N) is 2. The second kappa shape index (κ2) is 9.39. The van der Waals surface area contributed by atoms with Gasteiger partial charge in [-0.15, -0.1) is 0 Å². The molecule has 0 radical (unpaired) electrons. The minimum atomic E-state index is -1.34. The molecule has 3 aromatic rings. The monoisotopic (exact) mass is 423 g/mol. The number of aromatic nitrogens is 2. The highest BCUT2D eigenvalue weighted by atomic mass is 16.4. The molecule has 1 aromatic heterocycles. The summed E-state index contributed by atoms with van der Waals surface area (Å²) in [5.74, 6) is -0.899. The van der Waals surface area contributed by atoms with Crippen LogP contribution in [0.1, 0.15) is 5.56 Å². The van der Waals surface area contributed by atoms with Crippen molar-refractivity contribution < 1.29 is 19.5 Å². The third-order valence-electron chi connectivity index (χ3n) is 4.35. The number of nitrogen functional groups attached to an aromatic ring is 2. The van der Waals surface area contributed by atoms with Gasteiger partial charge in [-0.2, -0.15) is 4.98 Å². The van der Waals surface area contributed by atoms with Crippen molar-refractivity contribution in [3.05, 3.63) is 54.1 Å². The lowest BCUT2D eigenvalue weighted by Crippen LogP contribution is -2.49. The molecule has 0 bridgehead atoms. The van der Waals surface area contributed by atoms with Crippen LogP contribution in [0, 0.1) is 0 Å². The lowest BCUT2D eigenvalue weighted by molar-refractivity contribution is -0.125. The minimum Gasteiger partial charge on any atom is -0.465 e. The number of hydrogen-bond donors (Lipinski definition) is 6. The highest BCUT2D eigenvalue weighted by Gasteiger charge is 2.21. The molecule has 0 saturated carbocycles. The van der Waals surface area contributed by atoms with E-state index in [-0.39, 0.29) is 24.7 Å². The highest BCUT2D eigenvalue weighted by molar-refractivity contribution is 5.98. The summed E-state index contributed by atoms with van der Waals surface area (Å²) in [5.41, 5.74) is 13.1. The van der Waals surface area contributed by atoms with E-state index in [1.807, 2.05) is 6.07 Å². The summed E-state index contributed by atoms with van der Waals surface area (Å²) in [5, 5.41) is 16.8. The summed E-state index contributed by atoms with van der Waals surface area (Å²) in [6.07, 6.45) is -1.19. The van der Waals surface area contributed by atoms with Crippen molar-refractivity contribution in [1.82, 2.24) is 20.6 Å². The number of fused-ring (bicyclic) bond motifs is 1. The summed E-state index contributed by atoms with van der Waals surface area (Å²) >= 11 is 0. The predicted octanol–water partition coefficient (Wildman–Crippen LogP) is 0.728. The number of hydrogen-bond acceptors (Lipinski definition) is 7. The molecule has 0 fully saturated rings. The second-order valence-corrected chi connectivity index (χ2v) is 6.66. The Labute approximate surface area is 176 Å². The summed E-state index contributed by atoms with van der Waals surface area (Å²) < 4.78 is 0. The van der Waals surface area contributed by atoms with Crippen molar-refractivity contribution in [1.29, 1.82) is 0 Å². The van der Waals surface area contributed by atoms with E-state index in [0.29, 0.717) is 16.6 Å². The van der Waals surface area contributed by atoms with Crippen molar-refractivity contribution in [3.63, 3.8) is 0 Å². The van der Waals surface area contributed by atoms with Crippen molar-refractivity contribution in [2.75, 3.05) is 23.3 Å². The SMILES string of the molecule is Nc1nc(N)c2cc(NC(=O)CNC(=O)[C@@H](Cc3ccccc3)NC(=O)O)ccc2n1. The summed E-state index contributed by atoms with van der Waals surface area (Å²) in [4.78, 5) is 43.7. The Hall–Kier alpha value is -4.41. The van der Waals surface area contributed by atoms with E-state index >= 15 is 0 Å². The predicted molar refractivity (Wildman–Crippen MR) is 115 cm³/mol. The molecule has 8 N–H and O–H groups in total. The van der Waals surface area contributed by atoms with E-state index in [1.54, 1.807) is 42.5 Å². The molecule has 0 saturated heterocycles. The van der Waals surface area contributed by atoms with E-state index in [0.717, 1.165) is 5.56 Å². The van der Waals surface area contributed by atoms with Gasteiger partial charge in [0.05, 0.1) is 12.1 Å². The van der Waals surface area contributed by atoms with Gasteiger partial charge >= 0.3 is 6.09 Å². The van der Waals surface area contributed by atoms with Crippen molar-refractivity contribution in [2.45, 2.75) is 12.5 Å². The highest BCUT2D eigenvalue weighted by Crippen LogP contribution is 2.22. The van der Waals surface area contributed by atoms with E-state index in [1.165, 1.54) is 0 Å². The van der Waals surface area contributed by atoms with Crippen LogP contribution in [0.15, 0.2) is 48.5 Å². The Kier molecular flexibility index (Phi) is 6.45. The van der Waals surface area contributed by atoms with Crippen LogP contribution in [-0.4, -0.2) is 45.6 Å². The van der Waals surface area contributed by atoms with Crippen LogP contribution in [0.3, 0.4) is 0 Å². The number of anilines is 3. The Morgan fingerprint density at radius 3 is 2.48 bits per heavy atom. The van der Waals surface area contributed by atoms with Gasteiger partial charge in [0.2, 0.25) is 17.8 Å². The average molecular weight is 423 g/mol. The van der Waals surface area contributed by atoms with Gasteiger partial charge in [0, 0.05) is 17.5 Å². The minimum absolute atomic E-state index is 0.0459. The molecule has 11 heteroatoms. The number of carboxylic acid groups (broad SMARTS) is 1. The van der Waals surface area contributed by atoms with Gasteiger partial charge in [-0.3, -0.25) is 9.59 Å². The van der Waals surface area contributed by atoms with Crippen LogP contribution in [0.5, 0.6) is 0 Å². The second-order valence-electron chi connectivity index (χ2n) is 6.66. The Bertz CT molecular complexity index is 1120. The first-order chi connectivity index (χ1) is 14.8. The van der Waals surface area contributed by atoms with Crippen LogP contribution in [0.4, 0.5) is 22.2 Å². The van der Waals surface area contributed by atoms with Gasteiger partial charge in [-0.1, -0.05) is 30.3 Å². The molecule has 0 aliphatic rings. The third-order valence-corrected chi connectivity index (χ3v) is 4.35. The van der Waals surface area contributed by atoms with Crippen molar-refractivity contribution in [2.24, 2.45) is 0 Å². The van der Waals surface area contributed by atoms with Gasteiger partial charge in [0.15, 0.2) is 0 Å². The summed E-state index contributed by atoms with van der Waals surface area (Å²) in [6.45, 7) is -0.350. The van der Waals surface area contributed by atoms with Crippen LogP contribution in [-0.2, 0) is 16.0 Å². The average Bonchev–Trinajstić information content (AvgIpc) is 2.72. The fraction of sp³-hybridized carbons (Fsp3) is 0.150. The topological polar surface area (TPSA) is 185 Å². The van der Waals surface area contributed by atoms with Crippen LogP contribution in [0.2, 0.25) is 0 Å². The number of rotatable bonds is 7. The molecule has 2 aromatic carbocycles. The van der Waals surface area contributed by atoms with E-state index in [9.17, 15) is 14.4 Å². The van der Waals surface area contributed by atoms with Crippen molar-refractivity contribution >= 4 is 46.3 Å². The zero-order chi connectivity index (χ0) is 22.4. The quantitative estimate of drug-likeness (QED) is 0.321. The third kappa shape index (κ3) is 5.79. The Morgan fingerprint density at radius 2 is 1.77 bits per heavy atom. The zero-order valence-corrected chi connectivity index (χ0v) is 16.3. The fourth-order valence-corrected chi connectivity index (χ4v) is 2.95. The zero-order valence-electron chi connectivity index (χ0n) is 16.3. The first kappa shape index (κ1) is 21.3. The lowest BCUT2D eigenvalue weighted by Gasteiger charge is -2.17. The smallest absolute Gasteiger partial charge is 0.405 e. The largest absolute Gasteiger partial charge is 0.465 e. The van der Waals surface area contributed by atoms with Gasteiger partial charge < -0.3 is 32.5 Å². The lowest BCUT2D eigenvalue weighted by atomic mass is 10.1. The molecule has 3 rings (SSSR count). The summed E-state index contributed by atoms with van der Waals surface area (Å²) in [6, 6.07) is 12.7. The van der Waals surface area contributed by atoms with Gasteiger partial charge in [0.25, 0.3) is 0 Å². The number of benzene rings is 2. The molecular formula is C20H21N7O4. The van der Waals surface area contributed by atoms with Crippen LogP contribution >= 0.6 is 0 Å². The van der Waals surface area contributed by atoms with Crippen molar-refractivity contribution in [3.8, 4) is 0 Å². The van der Waals surface area contributed by atoms with E-state index < -0.39 is 23.9 Å². The summed E-state index contributed by atoms with van der Waals surface area (Å²) in [7, 11) is 0. The molecule has 3 amide bonds. The number of carbonyl (C=O) groups is 3. The van der Waals surface area contributed by atoms with Crippen LogP contribution < -0.4 is 27.4 Å². The number of nitrogens with zero attached hydrogens (tertiary/aromatic N) is 2. The number of amides is 3. The van der Waals surface area contributed by atoms with Gasteiger partial charge in [-0.05, 0) is 23.8 Å². The Balaban J connectivity index is 1.61. The Morgan fingerprint density at radius 1 is 1.03 bits per heavy atom. The molecule has 0 aliphatic heterocycles. The van der Waals surface area contributed by atoms with Crippen LogP contribution in [0.25, 0.3) is 10.9 Å². The number of nitrogens with one attached hydrogen (secondary N) is 3. The standard InChI is InChI=1S/C20H21N7O4/c21-17-13-9-12(6-7-14(13)25-19(22)27-17)24-16(28)10-23-18(29)15(26-20(30)31)8-11-4-2-1-3-5-11/h1-7,9,15,26H,8,10H2,(H,23,29)(H,24,28)(H,30,31)(H4,21,22,25,27)/t15-/m1/s1. The van der Waals surface area contributed by atoms with Gasteiger partial charge in [-0.25, -0.2) is 9.78 Å². The normalized spacial score (nSPS) is 11.5. The molecule has 1 atom stereocenters. The molecule has 31 heavy (non-hydrogen) atoms. The number of carbonyl (C=O) groups excluding carboxylic acids is 2. The first-order valence-electron chi connectivity index (χ1n) is 9.25. The molecule has 0 aliphatic carbocycles. The maximum absolute atomic E-state index is 12.4. The van der Waals surface area contributed by atoms with Gasteiger partial charge in [0.1, 0.15) is 11.9 Å². The molecule has 0 spiro atoms. The molecule has 11 nitrogen and oxygen atoms in total. The van der Waals surface area contributed by atoms with E-state index in [4.69, 9.17) is 16.6 Å². The fourth-order valence-electron chi connectivity index (χ4n) is 2.95.